The first-order chi connectivity index (χ1) is 16.0. The number of ether oxygens (including phenoxy) is 1. The van der Waals surface area contributed by atoms with Crippen LogP contribution in [0.25, 0.3) is 22.2 Å². The number of likely N-dealkylation sites (tertiary alicyclic amines) is 1. The van der Waals surface area contributed by atoms with E-state index in [4.69, 9.17) is 4.74 Å². The number of aromatic nitrogens is 2. The van der Waals surface area contributed by atoms with Crippen molar-refractivity contribution >= 4 is 22.2 Å². The highest BCUT2D eigenvalue weighted by molar-refractivity contribution is 7.13. The van der Waals surface area contributed by atoms with Gasteiger partial charge in [0.2, 0.25) is 0 Å². The topological polar surface area (TPSA) is 70.8 Å². The van der Waals surface area contributed by atoms with Crippen molar-refractivity contribution in [2.24, 2.45) is 0 Å². The molecular weight excluding hydrogens is 434 g/mol. The molecule has 1 saturated heterocycles. The first-order valence-corrected chi connectivity index (χ1v) is 12.3. The second-order valence-corrected chi connectivity index (χ2v) is 9.83. The van der Waals surface area contributed by atoms with Crippen LogP contribution in [0.3, 0.4) is 0 Å². The number of phenols is 2. The molecular formula is C26H29N3O3S. The van der Waals surface area contributed by atoms with Crippen LogP contribution in [0.15, 0.2) is 48.7 Å². The largest absolute Gasteiger partial charge is 0.508 e. The fraction of sp³-hybridized carbons (Fsp3) is 0.346. The van der Waals surface area contributed by atoms with Gasteiger partial charge in [-0.25, -0.2) is 4.98 Å². The van der Waals surface area contributed by atoms with Crippen LogP contribution < -0.4 is 4.74 Å². The van der Waals surface area contributed by atoms with Crippen molar-refractivity contribution in [1.82, 2.24) is 14.5 Å². The van der Waals surface area contributed by atoms with Gasteiger partial charge in [-0.05, 0) is 73.5 Å². The number of hydrogen-bond donors (Lipinski definition) is 2. The number of hydrogen-bond acceptors (Lipinski definition) is 6. The Morgan fingerprint density at radius 1 is 1.09 bits per heavy atom. The highest BCUT2D eigenvalue weighted by atomic mass is 32.1. The van der Waals surface area contributed by atoms with Crippen LogP contribution in [0.1, 0.15) is 30.2 Å². The van der Waals surface area contributed by atoms with Crippen LogP contribution in [0.4, 0.5) is 0 Å². The van der Waals surface area contributed by atoms with Gasteiger partial charge in [0.05, 0.1) is 12.2 Å². The van der Waals surface area contributed by atoms with E-state index in [0.717, 1.165) is 57.4 Å². The quantitative estimate of drug-likeness (QED) is 0.366. The molecule has 1 aliphatic rings. The van der Waals surface area contributed by atoms with Crippen LogP contribution in [0.5, 0.6) is 16.7 Å². The van der Waals surface area contributed by atoms with Crippen LogP contribution in [-0.4, -0.2) is 50.4 Å². The lowest BCUT2D eigenvalue weighted by Crippen LogP contribution is -2.53. The van der Waals surface area contributed by atoms with Gasteiger partial charge in [-0.3, -0.25) is 4.90 Å². The summed E-state index contributed by atoms with van der Waals surface area (Å²) < 4.78 is 8.36. The summed E-state index contributed by atoms with van der Waals surface area (Å²) in [6, 6.07) is 12.8. The Bertz CT molecular complexity index is 1260. The standard InChI is InChI=1S/C26H29N3O3S/c1-3-4-11-28-14-21(15-28)32-26-27-13-22(33-26)16-29-24-10-9-20(31)12-23(24)17(2)25(29)18-5-7-19(30)8-6-18/h5-10,12-13,21,30-31H,3-4,11,14-16H2,1-2H3. The van der Waals surface area contributed by atoms with E-state index in [0.29, 0.717) is 6.54 Å². The van der Waals surface area contributed by atoms with Crippen molar-refractivity contribution in [3.63, 3.8) is 0 Å². The van der Waals surface area contributed by atoms with Crippen LogP contribution >= 0.6 is 11.3 Å². The highest BCUT2D eigenvalue weighted by Gasteiger charge is 2.28. The fourth-order valence-corrected chi connectivity index (χ4v) is 5.36. The van der Waals surface area contributed by atoms with Crippen molar-refractivity contribution in [3.05, 3.63) is 59.1 Å². The summed E-state index contributed by atoms with van der Waals surface area (Å²) in [4.78, 5) is 8.06. The second-order valence-electron chi connectivity index (χ2n) is 8.75. The Labute approximate surface area is 197 Å². The average molecular weight is 464 g/mol. The van der Waals surface area contributed by atoms with Gasteiger partial charge in [0.15, 0.2) is 0 Å². The lowest BCUT2D eigenvalue weighted by atomic mass is 10.1. The van der Waals surface area contributed by atoms with Gasteiger partial charge in [0, 0.05) is 35.1 Å². The van der Waals surface area contributed by atoms with Crippen molar-refractivity contribution < 1.29 is 14.9 Å². The predicted molar refractivity (Wildman–Crippen MR) is 132 cm³/mol. The maximum atomic E-state index is 10.1. The molecule has 0 bridgehead atoms. The molecule has 6 nitrogen and oxygen atoms in total. The molecule has 172 valence electrons. The predicted octanol–water partition coefficient (Wildman–Crippen LogP) is 5.40. The average Bonchev–Trinajstić information content (AvgIpc) is 3.33. The summed E-state index contributed by atoms with van der Waals surface area (Å²) in [5.41, 5.74) is 4.23. The molecule has 33 heavy (non-hydrogen) atoms. The molecule has 0 unspecified atom stereocenters. The molecule has 1 fully saturated rings. The number of nitrogens with zero attached hydrogens (tertiary/aromatic N) is 3. The zero-order valence-electron chi connectivity index (χ0n) is 19.0. The molecule has 0 aliphatic carbocycles. The Kier molecular flexibility index (Phi) is 6.00. The van der Waals surface area contributed by atoms with Gasteiger partial charge < -0.3 is 19.5 Å². The van der Waals surface area contributed by atoms with E-state index in [2.05, 4.69) is 28.3 Å². The maximum Gasteiger partial charge on any atom is 0.273 e. The third kappa shape index (κ3) is 4.43. The highest BCUT2D eigenvalue weighted by Crippen LogP contribution is 2.37. The summed E-state index contributed by atoms with van der Waals surface area (Å²) in [5, 5.41) is 21.6. The fourth-order valence-electron chi connectivity index (χ4n) is 4.54. The number of phenolic OH excluding ortho intramolecular Hbond substituents is 2. The Morgan fingerprint density at radius 2 is 1.85 bits per heavy atom. The van der Waals surface area contributed by atoms with E-state index in [1.54, 1.807) is 29.5 Å². The molecule has 2 N–H and O–H groups in total. The molecule has 2 aromatic heterocycles. The first kappa shape index (κ1) is 21.8. The first-order valence-electron chi connectivity index (χ1n) is 11.5. The number of thiazole rings is 1. The van der Waals surface area contributed by atoms with Crippen molar-refractivity contribution in [3.8, 4) is 28.0 Å². The van der Waals surface area contributed by atoms with Crippen LogP contribution in [0, 0.1) is 6.92 Å². The summed E-state index contributed by atoms with van der Waals surface area (Å²) in [7, 11) is 0. The van der Waals surface area contributed by atoms with Gasteiger partial charge >= 0.3 is 0 Å². The number of fused-ring (bicyclic) bond motifs is 1. The van der Waals surface area contributed by atoms with Gasteiger partial charge in [0.1, 0.15) is 17.6 Å². The van der Waals surface area contributed by atoms with Gasteiger partial charge in [-0.2, -0.15) is 0 Å². The van der Waals surface area contributed by atoms with E-state index < -0.39 is 0 Å². The number of benzene rings is 2. The molecule has 0 atom stereocenters. The van der Waals surface area contributed by atoms with E-state index in [1.165, 1.54) is 12.8 Å². The smallest absolute Gasteiger partial charge is 0.273 e. The van der Waals surface area contributed by atoms with E-state index in [1.807, 2.05) is 30.5 Å². The summed E-state index contributed by atoms with van der Waals surface area (Å²) >= 11 is 1.59. The van der Waals surface area contributed by atoms with E-state index in [9.17, 15) is 10.2 Å². The van der Waals surface area contributed by atoms with Crippen LogP contribution in [-0.2, 0) is 6.54 Å². The Morgan fingerprint density at radius 3 is 2.61 bits per heavy atom. The van der Waals surface area contributed by atoms with Gasteiger partial charge in [-0.15, -0.1) is 0 Å². The molecule has 5 rings (SSSR count). The number of unbranched alkanes of at least 4 members (excludes halogenated alkanes) is 1. The number of rotatable bonds is 8. The van der Waals surface area contributed by atoms with Crippen molar-refractivity contribution in [2.45, 2.75) is 39.3 Å². The number of aromatic hydroxyl groups is 2. The minimum absolute atomic E-state index is 0.228. The zero-order chi connectivity index (χ0) is 22.9. The molecule has 2 aromatic carbocycles. The molecule has 0 saturated carbocycles. The monoisotopic (exact) mass is 463 g/mol. The third-order valence-corrected chi connectivity index (χ3v) is 7.18. The lowest BCUT2D eigenvalue weighted by Gasteiger charge is -2.38. The summed E-state index contributed by atoms with van der Waals surface area (Å²) in [5.74, 6) is 0.493. The molecule has 1 aliphatic heterocycles. The SMILES string of the molecule is CCCCN1CC(Oc2ncc(Cn3c(-c4ccc(O)cc4)c(C)c4cc(O)ccc43)s2)C1. The molecule has 7 heteroatoms. The van der Waals surface area contributed by atoms with E-state index >= 15 is 0 Å². The number of aryl methyl sites for hydroxylation is 1. The summed E-state index contributed by atoms with van der Waals surface area (Å²) in [6.07, 6.45) is 4.58. The maximum absolute atomic E-state index is 10.1. The normalized spacial score (nSPS) is 14.6. The molecule has 0 spiro atoms. The second kappa shape index (κ2) is 9.08. The molecule has 0 radical (unpaired) electrons. The Balaban J connectivity index is 1.40. The molecule has 0 amide bonds. The van der Waals surface area contributed by atoms with Gasteiger partial charge in [-0.1, -0.05) is 24.7 Å². The molecule has 3 heterocycles. The molecule has 4 aromatic rings. The van der Waals surface area contributed by atoms with E-state index in [-0.39, 0.29) is 17.6 Å². The summed E-state index contributed by atoms with van der Waals surface area (Å²) in [6.45, 7) is 8.04. The van der Waals surface area contributed by atoms with Gasteiger partial charge in [0.25, 0.3) is 5.19 Å². The third-order valence-electron chi connectivity index (χ3n) is 6.31. The van der Waals surface area contributed by atoms with Crippen molar-refractivity contribution in [1.29, 1.82) is 0 Å². The van der Waals surface area contributed by atoms with Crippen molar-refractivity contribution in [2.75, 3.05) is 19.6 Å². The Hall–Kier alpha value is -3.03. The lowest BCUT2D eigenvalue weighted by molar-refractivity contribution is 0.0192. The minimum atomic E-state index is 0.228. The minimum Gasteiger partial charge on any atom is -0.508 e. The zero-order valence-corrected chi connectivity index (χ0v) is 19.8. The van der Waals surface area contributed by atoms with Crippen LogP contribution in [0.2, 0.25) is 0 Å².